The molecule has 1 aromatic heterocycles. The zero-order valence-electron chi connectivity index (χ0n) is 18.5. The molecule has 2 atom stereocenters. The quantitative estimate of drug-likeness (QED) is 0.507. The Bertz CT molecular complexity index is 1200. The van der Waals surface area contributed by atoms with Gasteiger partial charge in [0.2, 0.25) is 0 Å². The number of sulfone groups is 1. The van der Waals surface area contributed by atoms with Crippen molar-refractivity contribution in [3.63, 3.8) is 0 Å². The normalized spacial score (nSPS) is 19.2. The Labute approximate surface area is 191 Å². The lowest BCUT2D eigenvalue weighted by Gasteiger charge is -2.45. The van der Waals surface area contributed by atoms with E-state index in [1.54, 1.807) is 18.2 Å². The summed E-state index contributed by atoms with van der Waals surface area (Å²) in [5, 5.41) is 28.0. The molecule has 0 aliphatic carbocycles. The molecule has 0 bridgehead atoms. The Morgan fingerprint density at radius 1 is 1.27 bits per heavy atom. The SMILES string of the molecule is COCC1(COC)Oc2ccc(C#N)cc2[C@@H](Nc2ccc(=O)n(CCS(C)(=O)=O)n2)[C@@H]1O. The Balaban J connectivity index is 2.03. The highest BCUT2D eigenvalue weighted by atomic mass is 32.2. The van der Waals surface area contributed by atoms with E-state index in [1.807, 2.05) is 0 Å². The largest absolute Gasteiger partial charge is 0.479 e. The summed E-state index contributed by atoms with van der Waals surface area (Å²) in [7, 11) is -0.347. The van der Waals surface area contributed by atoms with Crippen LogP contribution in [0.3, 0.4) is 0 Å². The second-order valence-corrected chi connectivity index (χ2v) is 10.1. The van der Waals surface area contributed by atoms with Gasteiger partial charge < -0.3 is 24.6 Å². The molecular formula is C21H26N4O7S. The van der Waals surface area contributed by atoms with Gasteiger partial charge in [-0.25, -0.2) is 13.1 Å². The summed E-state index contributed by atoms with van der Waals surface area (Å²) >= 11 is 0. The Morgan fingerprint density at radius 2 is 1.97 bits per heavy atom. The molecule has 2 heterocycles. The van der Waals surface area contributed by atoms with Crippen molar-refractivity contribution < 1.29 is 27.7 Å². The number of nitrogens with one attached hydrogen (secondary N) is 1. The number of hydrogen-bond donors (Lipinski definition) is 2. The number of rotatable bonds is 9. The van der Waals surface area contributed by atoms with Gasteiger partial charge in [0.15, 0.2) is 5.60 Å². The van der Waals surface area contributed by atoms with Crippen LogP contribution in [0.15, 0.2) is 35.1 Å². The maximum absolute atomic E-state index is 12.1. The molecule has 2 N–H and O–H groups in total. The number of hydrogen-bond acceptors (Lipinski definition) is 10. The van der Waals surface area contributed by atoms with Crippen molar-refractivity contribution in [1.82, 2.24) is 9.78 Å². The minimum absolute atomic E-state index is 0.0148. The first-order chi connectivity index (χ1) is 15.6. The van der Waals surface area contributed by atoms with E-state index in [0.29, 0.717) is 16.9 Å². The molecule has 0 saturated heterocycles. The predicted molar refractivity (Wildman–Crippen MR) is 119 cm³/mol. The third kappa shape index (κ3) is 5.51. The van der Waals surface area contributed by atoms with Gasteiger partial charge >= 0.3 is 0 Å². The molecule has 1 aliphatic rings. The third-order valence-electron chi connectivity index (χ3n) is 5.26. The second-order valence-electron chi connectivity index (χ2n) is 7.87. The summed E-state index contributed by atoms with van der Waals surface area (Å²) in [6, 6.07) is 8.78. The highest BCUT2D eigenvalue weighted by Crippen LogP contribution is 2.42. The molecule has 12 heteroatoms. The number of fused-ring (bicyclic) bond motifs is 1. The van der Waals surface area contributed by atoms with Crippen LogP contribution in [-0.4, -0.2) is 74.5 Å². The monoisotopic (exact) mass is 478 g/mol. The first-order valence-electron chi connectivity index (χ1n) is 10.0. The van der Waals surface area contributed by atoms with Gasteiger partial charge in [-0.1, -0.05) is 0 Å². The van der Waals surface area contributed by atoms with Crippen LogP contribution in [-0.2, 0) is 25.9 Å². The standard InChI is InChI=1S/C21H26N4O7S/c1-30-12-21(13-31-2)20(27)19(15-10-14(11-22)4-5-16(15)32-21)23-17-6-7-18(26)25(24-17)8-9-33(3,28)29/h4-7,10,19-20,27H,8-9,12-13H2,1-3H3,(H,23,24)/t19-,20+/m1/s1. The van der Waals surface area contributed by atoms with E-state index in [2.05, 4.69) is 16.5 Å². The predicted octanol–water partition coefficient (Wildman–Crippen LogP) is 0.0977. The molecule has 33 heavy (non-hydrogen) atoms. The van der Waals surface area contributed by atoms with Crippen LogP contribution in [0.1, 0.15) is 17.2 Å². The van der Waals surface area contributed by atoms with E-state index in [1.165, 1.54) is 26.4 Å². The fraction of sp³-hybridized carbons (Fsp3) is 0.476. The number of methoxy groups -OCH3 is 2. The van der Waals surface area contributed by atoms with Crippen LogP contribution >= 0.6 is 0 Å². The van der Waals surface area contributed by atoms with Crippen LogP contribution < -0.4 is 15.6 Å². The number of nitriles is 1. The molecule has 0 spiro atoms. The molecule has 1 aromatic carbocycles. The first kappa shape index (κ1) is 24.7. The molecule has 0 fully saturated rings. The van der Waals surface area contributed by atoms with E-state index < -0.39 is 33.1 Å². The number of ether oxygens (including phenoxy) is 3. The fourth-order valence-corrected chi connectivity index (χ4v) is 4.23. The van der Waals surface area contributed by atoms with E-state index >= 15 is 0 Å². The van der Waals surface area contributed by atoms with Crippen LogP contribution in [0.4, 0.5) is 5.82 Å². The average Bonchev–Trinajstić information content (AvgIpc) is 2.76. The average molecular weight is 479 g/mol. The number of nitrogens with zero attached hydrogens (tertiary/aromatic N) is 3. The van der Waals surface area contributed by atoms with Gasteiger partial charge in [0.1, 0.15) is 27.5 Å². The zero-order valence-corrected chi connectivity index (χ0v) is 19.3. The van der Waals surface area contributed by atoms with Crippen LogP contribution in [0.25, 0.3) is 0 Å². The van der Waals surface area contributed by atoms with Gasteiger partial charge in [-0.2, -0.15) is 10.4 Å². The summed E-state index contributed by atoms with van der Waals surface area (Å²) in [5.74, 6) is 0.407. The van der Waals surface area contributed by atoms with Crippen LogP contribution in [0, 0.1) is 11.3 Å². The molecule has 11 nitrogen and oxygen atoms in total. The number of anilines is 1. The highest BCUT2D eigenvalue weighted by molar-refractivity contribution is 7.90. The van der Waals surface area contributed by atoms with Crippen molar-refractivity contribution >= 4 is 15.7 Å². The summed E-state index contributed by atoms with van der Waals surface area (Å²) in [6.45, 7) is -0.0855. The lowest BCUT2D eigenvalue weighted by atomic mass is 9.84. The number of aliphatic hydroxyl groups is 1. The Hall–Kier alpha value is -2.98. The minimum atomic E-state index is -3.30. The first-order valence-corrected chi connectivity index (χ1v) is 12.1. The maximum Gasteiger partial charge on any atom is 0.266 e. The molecular weight excluding hydrogens is 452 g/mol. The minimum Gasteiger partial charge on any atom is -0.479 e. The smallest absolute Gasteiger partial charge is 0.266 e. The van der Waals surface area contributed by atoms with Crippen LogP contribution in [0.2, 0.25) is 0 Å². The molecule has 1 aliphatic heterocycles. The van der Waals surface area contributed by atoms with E-state index in [-0.39, 0.29) is 31.3 Å². The summed E-state index contributed by atoms with van der Waals surface area (Å²) in [6.07, 6.45) is -0.120. The van der Waals surface area contributed by atoms with Gasteiger partial charge in [-0.05, 0) is 24.3 Å². The van der Waals surface area contributed by atoms with Crippen molar-refractivity contribution in [2.45, 2.75) is 24.3 Å². The van der Waals surface area contributed by atoms with Crippen molar-refractivity contribution in [3.05, 3.63) is 51.8 Å². The number of aryl methyl sites for hydroxylation is 1. The van der Waals surface area contributed by atoms with E-state index in [4.69, 9.17) is 14.2 Å². The van der Waals surface area contributed by atoms with E-state index in [0.717, 1.165) is 10.9 Å². The molecule has 178 valence electrons. The molecule has 0 saturated carbocycles. The third-order valence-corrected chi connectivity index (χ3v) is 6.19. The van der Waals surface area contributed by atoms with Crippen molar-refractivity contribution in [2.75, 3.05) is 44.8 Å². The van der Waals surface area contributed by atoms with Crippen molar-refractivity contribution in [3.8, 4) is 11.8 Å². The van der Waals surface area contributed by atoms with Crippen molar-refractivity contribution in [2.24, 2.45) is 0 Å². The molecule has 0 amide bonds. The van der Waals surface area contributed by atoms with Gasteiger partial charge in [0.25, 0.3) is 5.56 Å². The number of aliphatic hydroxyl groups excluding tert-OH is 1. The Morgan fingerprint density at radius 3 is 2.58 bits per heavy atom. The topological polar surface area (TPSA) is 153 Å². The fourth-order valence-electron chi connectivity index (χ4n) is 3.72. The highest BCUT2D eigenvalue weighted by Gasteiger charge is 2.50. The zero-order chi connectivity index (χ0) is 24.2. The second kappa shape index (κ2) is 9.88. The maximum atomic E-state index is 12.1. The van der Waals surface area contributed by atoms with Gasteiger partial charge in [0, 0.05) is 32.1 Å². The van der Waals surface area contributed by atoms with Crippen LogP contribution in [0.5, 0.6) is 5.75 Å². The van der Waals surface area contributed by atoms with E-state index in [9.17, 15) is 23.6 Å². The summed E-state index contributed by atoms with van der Waals surface area (Å²) < 4.78 is 40.7. The van der Waals surface area contributed by atoms with Gasteiger partial charge in [0.05, 0.1) is 43.2 Å². The molecule has 3 rings (SSSR count). The lowest BCUT2D eigenvalue weighted by Crippen LogP contribution is -2.60. The molecule has 0 radical (unpaired) electrons. The summed E-state index contributed by atoms with van der Waals surface area (Å²) in [5.41, 5.74) is -0.835. The molecule has 2 aromatic rings. The Kier molecular flexibility index (Phi) is 7.38. The lowest BCUT2D eigenvalue weighted by molar-refractivity contribution is -0.142. The van der Waals surface area contributed by atoms with Crippen molar-refractivity contribution in [1.29, 1.82) is 5.26 Å². The molecule has 0 unspecified atom stereocenters. The van der Waals surface area contributed by atoms with Gasteiger partial charge in [-0.3, -0.25) is 4.79 Å². The van der Waals surface area contributed by atoms with Gasteiger partial charge in [-0.15, -0.1) is 0 Å². The summed E-state index contributed by atoms with van der Waals surface area (Å²) in [4.78, 5) is 12.1. The number of aromatic nitrogens is 2. The number of benzene rings is 1.